The van der Waals surface area contributed by atoms with Crippen LogP contribution in [-0.4, -0.2) is 49.2 Å². The summed E-state index contributed by atoms with van der Waals surface area (Å²) in [7, 11) is 1.80. The Kier molecular flexibility index (Phi) is 8.08. The third kappa shape index (κ3) is 5.82. The molecule has 0 aliphatic carbocycles. The number of likely N-dealkylation sites (tertiary alicyclic amines) is 1. The summed E-state index contributed by atoms with van der Waals surface area (Å²) in [6.07, 6.45) is 6.04. The van der Waals surface area contributed by atoms with Crippen molar-refractivity contribution in [3.8, 4) is 0 Å². The number of hydrogen-bond donors (Lipinski definition) is 2. The lowest BCUT2D eigenvalue weighted by Gasteiger charge is -2.15. The maximum atomic E-state index is 5.44. The van der Waals surface area contributed by atoms with Gasteiger partial charge in [0.25, 0.3) is 0 Å². The molecular formula is C18H33N5O. The van der Waals surface area contributed by atoms with Gasteiger partial charge in [-0.2, -0.15) is 0 Å². The second kappa shape index (κ2) is 10.3. The van der Waals surface area contributed by atoms with E-state index in [1.807, 2.05) is 0 Å². The number of nitrogens with zero attached hydrogens (tertiary/aromatic N) is 3. The van der Waals surface area contributed by atoms with Gasteiger partial charge in [0.05, 0.1) is 12.2 Å². The van der Waals surface area contributed by atoms with Crippen LogP contribution in [0.15, 0.2) is 15.6 Å². The molecule has 0 radical (unpaired) electrons. The molecule has 1 aromatic rings. The van der Waals surface area contributed by atoms with E-state index in [1.54, 1.807) is 7.05 Å². The minimum absolute atomic E-state index is 0.491. The maximum absolute atomic E-state index is 5.44. The Labute approximate surface area is 146 Å². The lowest BCUT2D eigenvalue weighted by molar-refractivity contribution is 0.334. The Bertz CT molecular complexity index is 489. The van der Waals surface area contributed by atoms with Gasteiger partial charge in [-0.3, -0.25) is 4.99 Å². The summed E-state index contributed by atoms with van der Waals surface area (Å²) < 4.78 is 5.44. The summed E-state index contributed by atoms with van der Waals surface area (Å²) in [5.41, 5.74) is 1.06. The molecule has 1 aliphatic heterocycles. The van der Waals surface area contributed by atoms with E-state index in [0.717, 1.165) is 43.2 Å². The molecule has 0 bridgehead atoms. The number of aliphatic imine (C=N–C) groups is 1. The Morgan fingerprint density at radius 3 is 2.71 bits per heavy atom. The van der Waals surface area contributed by atoms with Gasteiger partial charge in [0, 0.05) is 25.6 Å². The number of guanidine groups is 1. The van der Waals surface area contributed by atoms with Gasteiger partial charge < -0.3 is 20.1 Å². The van der Waals surface area contributed by atoms with Crippen molar-refractivity contribution in [2.24, 2.45) is 4.99 Å². The molecule has 1 saturated heterocycles. The Hall–Kier alpha value is -1.56. The molecule has 0 spiro atoms. The molecule has 2 rings (SSSR count). The fraction of sp³-hybridized carbons (Fsp3) is 0.778. The zero-order chi connectivity index (χ0) is 17.2. The van der Waals surface area contributed by atoms with Crippen LogP contribution >= 0.6 is 0 Å². The van der Waals surface area contributed by atoms with Crippen molar-refractivity contribution in [3.05, 3.63) is 17.5 Å². The van der Waals surface area contributed by atoms with Crippen LogP contribution in [0, 0.1) is 0 Å². The van der Waals surface area contributed by atoms with Gasteiger partial charge in [0.1, 0.15) is 0 Å². The average Bonchev–Trinajstić information content (AvgIpc) is 3.27. The second-order valence-corrected chi connectivity index (χ2v) is 6.49. The zero-order valence-corrected chi connectivity index (χ0v) is 15.5. The van der Waals surface area contributed by atoms with Crippen molar-refractivity contribution in [1.82, 2.24) is 20.7 Å². The van der Waals surface area contributed by atoms with Crippen LogP contribution in [0.2, 0.25) is 0 Å². The zero-order valence-electron chi connectivity index (χ0n) is 15.5. The molecule has 0 amide bonds. The van der Waals surface area contributed by atoms with Crippen LogP contribution in [0.4, 0.5) is 0 Å². The third-order valence-corrected chi connectivity index (χ3v) is 4.78. The first-order chi connectivity index (χ1) is 11.8. The van der Waals surface area contributed by atoms with E-state index in [9.17, 15) is 0 Å². The molecule has 1 fully saturated rings. The molecule has 1 aliphatic rings. The van der Waals surface area contributed by atoms with Crippen LogP contribution in [0.5, 0.6) is 0 Å². The van der Waals surface area contributed by atoms with Crippen molar-refractivity contribution in [2.75, 3.05) is 33.2 Å². The average molecular weight is 335 g/mol. The summed E-state index contributed by atoms with van der Waals surface area (Å²) in [4.78, 5) is 6.80. The lowest BCUT2D eigenvalue weighted by Crippen LogP contribution is -2.38. The number of hydrogen-bond acceptors (Lipinski definition) is 4. The van der Waals surface area contributed by atoms with E-state index in [0.29, 0.717) is 12.5 Å². The largest absolute Gasteiger partial charge is 0.359 e. The van der Waals surface area contributed by atoms with Crippen molar-refractivity contribution >= 4 is 5.96 Å². The van der Waals surface area contributed by atoms with Crippen molar-refractivity contribution in [2.45, 2.75) is 58.4 Å². The Morgan fingerprint density at radius 1 is 1.29 bits per heavy atom. The van der Waals surface area contributed by atoms with Crippen molar-refractivity contribution < 1.29 is 4.52 Å². The smallest absolute Gasteiger partial charge is 0.191 e. The van der Waals surface area contributed by atoms with Crippen LogP contribution < -0.4 is 10.6 Å². The van der Waals surface area contributed by atoms with E-state index in [4.69, 9.17) is 4.52 Å². The summed E-state index contributed by atoms with van der Waals surface area (Å²) >= 11 is 0. The number of rotatable bonds is 9. The topological polar surface area (TPSA) is 65.7 Å². The van der Waals surface area contributed by atoms with E-state index >= 15 is 0 Å². The standard InChI is InChI=1S/C18H33N5O/c1-4-15(5-2)17-13-16(24-22-17)14-21-18(19-3)20-9-8-12-23-10-6-7-11-23/h13,15H,4-12,14H2,1-3H3,(H2,19,20,21). The molecule has 2 N–H and O–H groups in total. The summed E-state index contributed by atoms with van der Waals surface area (Å²) in [5, 5.41) is 10.9. The van der Waals surface area contributed by atoms with Gasteiger partial charge in [0.15, 0.2) is 11.7 Å². The highest BCUT2D eigenvalue weighted by atomic mass is 16.5. The third-order valence-electron chi connectivity index (χ3n) is 4.78. The van der Waals surface area contributed by atoms with Crippen LogP contribution in [0.1, 0.15) is 63.3 Å². The van der Waals surface area contributed by atoms with Gasteiger partial charge >= 0.3 is 0 Å². The maximum Gasteiger partial charge on any atom is 0.191 e. The SMILES string of the molecule is CCC(CC)c1cc(CNC(=NC)NCCCN2CCCC2)on1. The highest BCUT2D eigenvalue weighted by Gasteiger charge is 2.13. The predicted molar refractivity (Wildman–Crippen MR) is 98.3 cm³/mol. The van der Waals surface area contributed by atoms with Crippen molar-refractivity contribution in [3.63, 3.8) is 0 Å². The predicted octanol–water partition coefficient (Wildman–Crippen LogP) is 2.73. The molecule has 136 valence electrons. The first-order valence-electron chi connectivity index (χ1n) is 9.39. The van der Waals surface area contributed by atoms with Gasteiger partial charge in [-0.1, -0.05) is 19.0 Å². The molecule has 0 unspecified atom stereocenters. The molecule has 0 saturated carbocycles. The van der Waals surface area contributed by atoms with E-state index < -0.39 is 0 Å². The molecular weight excluding hydrogens is 302 g/mol. The molecule has 24 heavy (non-hydrogen) atoms. The fourth-order valence-electron chi connectivity index (χ4n) is 3.22. The number of aromatic nitrogens is 1. The van der Waals surface area contributed by atoms with E-state index in [-0.39, 0.29) is 0 Å². The van der Waals surface area contributed by atoms with Gasteiger partial charge in [0.2, 0.25) is 0 Å². The Balaban J connectivity index is 1.67. The van der Waals surface area contributed by atoms with E-state index in [1.165, 1.54) is 32.5 Å². The molecule has 2 heterocycles. The molecule has 0 atom stereocenters. The highest BCUT2D eigenvalue weighted by molar-refractivity contribution is 5.79. The summed E-state index contributed by atoms with van der Waals surface area (Å²) in [6, 6.07) is 2.06. The highest BCUT2D eigenvalue weighted by Crippen LogP contribution is 2.22. The fourth-order valence-corrected chi connectivity index (χ4v) is 3.22. The molecule has 1 aromatic heterocycles. The quantitative estimate of drug-likeness (QED) is 0.413. The van der Waals surface area contributed by atoms with Crippen LogP contribution in [-0.2, 0) is 6.54 Å². The lowest BCUT2D eigenvalue weighted by atomic mass is 9.99. The van der Waals surface area contributed by atoms with Crippen molar-refractivity contribution in [1.29, 1.82) is 0 Å². The minimum atomic E-state index is 0.491. The van der Waals surface area contributed by atoms with E-state index in [2.05, 4.69) is 45.6 Å². The van der Waals surface area contributed by atoms with Crippen LogP contribution in [0.3, 0.4) is 0 Å². The van der Waals surface area contributed by atoms with Gasteiger partial charge in [-0.05, 0) is 51.7 Å². The molecule has 6 nitrogen and oxygen atoms in total. The summed E-state index contributed by atoms with van der Waals surface area (Å²) in [5.74, 6) is 2.17. The molecule has 6 heteroatoms. The van der Waals surface area contributed by atoms with Crippen LogP contribution in [0.25, 0.3) is 0 Å². The summed E-state index contributed by atoms with van der Waals surface area (Å²) in [6.45, 7) is 9.62. The van der Waals surface area contributed by atoms with Gasteiger partial charge in [-0.25, -0.2) is 0 Å². The van der Waals surface area contributed by atoms with Gasteiger partial charge in [-0.15, -0.1) is 0 Å². The normalized spacial score (nSPS) is 16.1. The minimum Gasteiger partial charge on any atom is -0.359 e. The monoisotopic (exact) mass is 335 g/mol. The second-order valence-electron chi connectivity index (χ2n) is 6.49. The first kappa shape index (κ1) is 18.8. The number of nitrogens with one attached hydrogen (secondary N) is 2. The Morgan fingerprint density at radius 2 is 2.04 bits per heavy atom. The molecule has 0 aromatic carbocycles. The first-order valence-corrected chi connectivity index (χ1v) is 9.39.